The molecule has 4 rings (SSSR count). The summed E-state index contributed by atoms with van der Waals surface area (Å²) in [5, 5.41) is 0. The smallest absolute Gasteiger partial charge is 0.282 e. The molecule has 2 aromatic carbocycles. The van der Waals surface area contributed by atoms with E-state index in [1.165, 1.54) is 15.4 Å². The Morgan fingerprint density at radius 2 is 1.70 bits per heavy atom. The van der Waals surface area contributed by atoms with Crippen molar-refractivity contribution in [2.45, 2.75) is 32.7 Å². The van der Waals surface area contributed by atoms with Gasteiger partial charge in [-0.05, 0) is 48.1 Å². The Morgan fingerprint density at radius 1 is 0.970 bits per heavy atom. The lowest BCUT2D eigenvalue weighted by atomic mass is 10.00. The summed E-state index contributed by atoms with van der Waals surface area (Å²) in [6.07, 6.45) is 2.38. The lowest BCUT2D eigenvalue weighted by Gasteiger charge is -2.36. The molecule has 0 aliphatic carbocycles. The van der Waals surface area contributed by atoms with E-state index in [2.05, 4.69) is 35.2 Å². The fraction of sp³-hybridized carbons (Fsp3) is 0.480. The van der Waals surface area contributed by atoms with Crippen molar-refractivity contribution in [1.29, 1.82) is 0 Å². The van der Waals surface area contributed by atoms with Crippen LogP contribution >= 0.6 is 0 Å². The van der Waals surface area contributed by atoms with E-state index in [1.54, 1.807) is 18.3 Å². The number of amides is 1. The molecule has 0 atom stereocenters. The molecule has 0 spiro atoms. The Labute approximate surface area is 197 Å². The van der Waals surface area contributed by atoms with E-state index >= 15 is 0 Å². The molecule has 1 fully saturated rings. The summed E-state index contributed by atoms with van der Waals surface area (Å²) in [7, 11) is -1.81. The normalized spacial score (nSPS) is 17.3. The van der Waals surface area contributed by atoms with Gasteiger partial charge in [0.25, 0.3) is 10.2 Å². The molecule has 1 saturated heterocycles. The first-order valence-corrected chi connectivity index (χ1v) is 13.1. The number of rotatable bonds is 7. The zero-order chi connectivity index (χ0) is 23.4. The van der Waals surface area contributed by atoms with Gasteiger partial charge in [0.15, 0.2) is 0 Å². The molecule has 0 aromatic heterocycles. The quantitative estimate of drug-likeness (QED) is 0.624. The monoisotopic (exact) mass is 470 g/mol. The number of carbonyl (C=O) groups excluding carboxylic acids is 1. The predicted octanol–water partition coefficient (Wildman–Crippen LogP) is 2.52. The number of hydrogen-bond acceptors (Lipinski definition) is 4. The molecule has 8 heteroatoms. The molecule has 2 aliphatic heterocycles. The van der Waals surface area contributed by atoms with Crippen LogP contribution in [0.1, 0.15) is 30.0 Å². The van der Waals surface area contributed by atoms with E-state index in [-0.39, 0.29) is 5.91 Å². The standard InChI is InChI=1S/C25H34N4O3S/c1-21(30)27-15-17-28(18-16-27)25-11-10-24-20-29(14-12-23(24)19-25)33(31,32)26(2)13-6-9-22-7-4-3-5-8-22/h3-5,7-8,10-11,19H,6,9,12-18,20H2,1-2H3. The van der Waals surface area contributed by atoms with Crippen molar-refractivity contribution in [1.82, 2.24) is 13.5 Å². The highest BCUT2D eigenvalue weighted by molar-refractivity contribution is 7.86. The van der Waals surface area contributed by atoms with Crippen molar-refractivity contribution < 1.29 is 13.2 Å². The zero-order valence-electron chi connectivity index (χ0n) is 19.6. The topological polar surface area (TPSA) is 64.2 Å². The van der Waals surface area contributed by atoms with Gasteiger partial charge in [0.05, 0.1) is 0 Å². The van der Waals surface area contributed by atoms with E-state index in [0.29, 0.717) is 26.1 Å². The molecule has 2 heterocycles. The molecule has 0 radical (unpaired) electrons. The van der Waals surface area contributed by atoms with E-state index in [4.69, 9.17) is 0 Å². The maximum Gasteiger partial charge on any atom is 0.282 e. The summed E-state index contributed by atoms with van der Waals surface area (Å²) >= 11 is 0. The van der Waals surface area contributed by atoms with Gasteiger partial charge in [0, 0.05) is 65.5 Å². The molecule has 178 valence electrons. The van der Waals surface area contributed by atoms with Crippen molar-refractivity contribution in [2.24, 2.45) is 0 Å². The summed E-state index contributed by atoms with van der Waals surface area (Å²) < 4.78 is 29.4. The van der Waals surface area contributed by atoms with Gasteiger partial charge in [-0.1, -0.05) is 36.4 Å². The van der Waals surface area contributed by atoms with Crippen molar-refractivity contribution in [3.63, 3.8) is 0 Å². The third kappa shape index (κ3) is 5.57. The van der Waals surface area contributed by atoms with Gasteiger partial charge in [-0.15, -0.1) is 0 Å². The number of benzene rings is 2. The summed E-state index contributed by atoms with van der Waals surface area (Å²) in [6.45, 7) is 6.18. The van der Waals surface area contributed by atoms with Crippen LogP contribution in [0.5, 0.6) is 0 Å². The molecule has 0 unspecified atom stereocenters. The van der Waals surface area contributed by atoms with Gasteiger partial charge >= 0.3 is 0 Å². The van der Waals surface area contributed by atoms with E-state index < -0.39 is 10.2 Å². The van der Waals surface area contributed by atoms with Gasteiger partial charge < -0.3 is 9.80 Å². The fourth-order valence-electron chi connectivity index (χ4n) is 4.65. The van der Waals surface area contributed by atoms with Crippen LogP contribution in [-0.4, -0.2) is 74.2 Å². The fourth-order valence-corrected chi connectivity index (χ4v) is 6.03. The van der Waals surface area contributed by atoms with Crippen molar-refractivity contribution in [3.8, 4) is 0 Å². The zero-order valence-corrected chi connectivity index (χ0v) is 20.4. The van der Waals surface area contributed by atoms with Crippen LogP contribution in [-0.2, 0) is 34.4 Å². The second-order valence-electron chi connectivity index (χ2n) is 8.95. The summed E-state index contributed by atoms with van der Waals surface area (Å²) in [5.41, 5.74) is 4.69. The SMILES string of the molecule is CC(=O)N1CCN(c2ccc3c(c2)CCN(S(=O)(=O)N(C)CCCc2ccccc2)C3)CC1. The number of carbonyl (C=O) groups is 1. The molecule has 33 heavy (non-hydrogen) atoms. The number of piperazine rings is 1. The van der Waals surface area contributed by atoms with Gasteiger partial charge in [-0.3, -0.25) is 4.79 Å². The number of nitrogens with zero attached hydrogens (tertiary/aromatic N) is 4. The largest absolute Gasteiger partial charge is 0.368 e. The van der Waals surface area contributed by atoms with Crippen LogP contribution < -0.4 is 4.90 Å². The molecule has 1 amide bonds. The first-order valence-electron chi connectivity index (χ1n) is 11.7. The minimum atomic E-state index is -3.49. The number of hydrogen-bond donors (Lipinski definition) is 0. The van der Waals surface area contributed by atoms with Crippen LogP contribution in [0.2, 0.25) is 0 Å². The second kappa shape index (κ2) is 10.2. The Bertz CT molecular complexity index is 1070. The van der Waals surface area contributed by atoms with Crippen LogP contribution in [0.25, 0.3) is 0 Å². The van der Waals surface area contributed by atoms with E-state index in [9.17, 15) is 13.2 Å². The Morgan fingerprint density at radius 3 is 2.39 bits per heavy atom. The average molecular weight is 471 g/mol. The average Bonchev–Trinajstić information content (AvgIpc) is 2.84. The predicted molar refractivity (Wildman–Crippen MR) is 131 cm³/mol. The molecule has 0 bridgehead atoms. The third-order valence-electron chi connectivity index (χ3n) is 6.76. The van der Waals surface area contributed by atoms with Gasteiger partial charge in [-0.2, -0.15) is 17.0 Å². The first-order chi connectivity index (χ1) is 15.8. The highest BCUT2D eigenvalue weighted by Gasteiger charge is 2.30. The minimum Gasteiger partial charge on any atom is -0.368 e. The molecular formula is C25H34N4O3S. The highest BCUT2D eigenvalue weighted by Crippen LogP contribution is 2.27. The lowest BCUT2D eigenvalue weighted by molar-refractivity contribution is -0.129. The summed E-state index contributed by atoms with van der Waals surface area (Å²) in [6, 6.07) is 16.5. The Balaban J connectivity index is 1.34. The van der Waals surface area contributed by atoms with E-state index in [0.717, 1.165) is 50.3 Å². The maximum atomic E-state index is 13.1. The molecule has 2 aliphatic rings. The molecule has 7 nitrogen and oxygen atoms in total. The molecule has 0 N–H and O–H groups in total. The summed E-state index contributed by atoms with van der Waals surface area (Å²) in [4.78, 5) is 15.8. The Kier molecular flexibility index (Phi) is 7.36. The van der Waals surface area contributed by atoms with Crippen molar-refractivity contribution in [3.05, 3.63) is 65.2 Å². The molecule has 0 saturated carbocycles. The third-order valence-corrected chi connectivity index (χ3v) is 8.69. The lowest BCUT2D eigenvalue weighted by Crippen LogP contribution is -2.48. The summed E-state index contributed by atoms with van der Waals surface area (Å²) in [5.74, 6) is 0.131. The molecular weight excluding hydrogens is 436 g/mol. The first kappa shape index (κ1) is 23.7. The molecule has 2 aromatic rings. The number of anilines is 1. The number of aryl methyl sites for hydroxylation is 1. The van der Waals surface area contributed by atoms with Crippen LogP contribution in [0, 0.1) is 0 Å². The van der Waals surface area contributed by atoms with Gasteiger partial charge in [-0.25, -0.2) is 0 Å². The van der Waals surface area contributed by atoms with Gasteiger partial charge in [0.1, 0.15) is 0 Å². The maximum absolute atomic E-state index is 13.1. The highest BCUT2D eigenvalue weighted by atomic mass is 32.2. The van der Waals surface area contributed by atoms with Crippen LogP contribution in [0.4, 0.5) is 5.69 Å². The minimum absolute atomic E-state index is 0.131. The van der Waals surface area contributed by atoms with Crippen molar-refractivity contribution >= 4 is 21.8 Å². The second-order valence-corrected chi connectivity index (χ2v) is 11.0. The van der Waals surface area contributed by atoms with Crippen molar-refractivity contribution in [2.75, 3.05) is 51.2 Å². The van der Waals surface area contributed by atoms with Gasteiger partial charge in [0.2, 0.25) is 5.91 Å². The van der Waals surface area contributed by atoms with Crippen LogP contribution in [0.3, 0.4) is 0 Å². The number of fused-ring (bicyclic) bond motifs is 1. The van der Waals surface area contributed by atoms with E-state index in [1.807, 2.05) is 23.1 Å². The Hall–Kier alpha value is -2.42. The van der Waals surface area contributed by atoms with Crippen LogP contribution in [0.15, 0.2) is 48.5 Å².